The van der Waals surface area contributed by atoms with Gasteiger partial charge in [0.05, 0.1) is 17.9 Å². The van der Waals surface area contributed by atoms with Crippen molar-refractivity contribution in [2.75, 3.05) is 29.9 Å². The number of aryl methyl sites for hydroxylation is 1. The van der Waals surface area contributed by atoms with Crippen molar-refractivity contribution in [3.8, 4) is 0 Å². The number of likely N-dealkylation sites (N-methyl/N-ethyl adjacent to an activating group) is 1. The Balaban J connectivity index is 2.21. The number of hydrogen-bond donors (Lipinski definition) is 1. The first-order chi connectivity index (χ1) is 8.61. The van der Waals surface area contributed by atoms with Crippen molar-refractivity contribution < 1.29 is 9.59 Å². The van der Waals surface area contributed by atoms with E-state index in [9.17, 15) is 9.59 Å². The number of rotatable bonds is 0. The quantitative estimate of drug-likeness (QED) is 0.714. The number of para-hydroxylation sites is 1. The summed E-state index contributed by atoms with van der Waals surface area (Å²) in [5.74, 6) is -0.0723. The summed E-state index contributed by atoms with van der Waals surface area (Å²) in [6, 6.07) is 5.37. The van der Waals surface area contributed by atoms with Crippen LogP contribution in [0, 0.1) is 6.92 Å². The number of nitrogens with one attached hydrogen (secondary N) is 1. The molecule has 0 saturated carbocycles. The Morgan fingerprint density at radius 2 is 2.11 bits per heavy atom. The maximum absolute atomic E-state index is 12.3. The van der Waals surface area contributed by atoms with Gasteiger partial charge < -0.3 is 10.2 Å². The second-order valence-electron chi connectivity index (χ2n) is 4.75. The van der Waals surface area contributed by atoms with E-state index in [-0.39, 0.29) is 11.8 Å². The fourth-order valence-electron chi connectivity index (χ4n) is 2.77. The largest absolute Gasteiger partial charge is 0.311 e. The first-order valence-corrected chi connectivity index (χ1v) is 6.01. The minimum absolute atomic E-state index is 0.0302. The summed E-state index contributed by atoms with van der Waals surface area (Å²) in [4.78, 5) is 27.7. The second-order valence-corrected chi connectivity index (χ2v) is 4.75. The van der Waals surface area contributed by atoms with E-state index in [1.54, 1.807) is 16.8 Å². The van der Waals surface area contributed by atoms with Crippen molar-refractivity contribution in [2.45, 2.75) is 13.0 Å². The van der Waals surface area contributed by atoms with Crippen LogP contribution in [0.5, 0.6) is 0 Å². The number of carbonyl (C=O) groups is 2. The molecule has 5 heteroatoms. The first kappa shape index (κ1) is 11.2. The highest BCUT2D eigenvalue weighted by Crippen LogP contribution is 2.38. The van der Waals surface area contributed by atoms with Crippen LogP contribution in [0.25, 0.3) is 0 Å². The normalized spacial score (nSPS) is 22.9. The Hall–Kier alpha value is -1.88. The molecule has 2 amide bonds. The molecule has 1 aromatic carbocycles. The van der Waals surface area contributed by atoms with E-state index in [0.717, 1.165) is 16.9 Å². The first-order valence-electron chi connectivity index (χ1n) is 6.01. The summed E-state index contributed by atoms with van der Waals surface area (Å²) in [6.45, 7) is 2.76. The monoisotopic (exact) mass is 245 g/mol. The summed E-state index contributed by atoms with van der Waals surface area (Å²) in [7, 11) is 1.77. The van der Waals surface area contributed by atoms with E-state index in [4.69, 9.17) is 0 Å². The Kier molecular flexibility index (Phi) is 2.38. The molecule has 1 fully saturated rings. The highest BCUT2D eigenvalue weighted by atomic mass is 16.2. The zero-order valence-electron chi connectivity index (χ0n) is 10.4. The second kappa shape index (κ2) is 3.81. The third-order valence-corrected chi connectivity index (χ3v) is 3.62. The van der Waals surface area contributed by atoms with Gasteiger partial charge in [-0.15, -0.1) is 0 Å². The van der Waals surface area contributed by atoms with Gasteiger partial charge in [-0.05, 0) is 18.6 Å². The Morgan fingerprint density at radius 3 is 2.89 bits per heavy atom. The van der Waals surface area contributed by atoms with Gasteiger partial charge in [0.2, 0.25) is 5.91 Å². The average Bonchev–Trinajstić information content (AvgIpc) is 2.35. The zero-order valence-corrected chi connectivity index (χ0v) is 10.4. The third kappa shape index (κ3) is 1.37. The number of carbonyl (C=O) groups excluding carboxylic acids is 2. The molecule has 0 bridgehead atoms. The lowest BCUT2D eigenvalue weighted by Gasteiger charge is -2.43. The van der Waals surface area contributed by atoms with Gasteiger partial charge in [0.25, 0.3) is 5.91 Å². The maximum Gasteiger partial charge on any atom is 0.251 e. The van der Waals surface area contributed by atoms with Gasteiger partial charge in [-0.25, -0.2) is 0 Å². The summed E-state index contributed by atoms with van der Waals surface area (Å²) >= 11 is 0. The lowest BCUT2D eigenvalue weighted by molar-refractivity contribution is -0.126. The third-order valence-electron chi connectivity index (χ3n) is 3.62. The molecule has 3 rings (SSSR count). The van der Waals surface area contributed by atoms with E-state index in [0.29, 0.717) is 13.1 Å². The molecule has 1 atom stereocenters. The van der Waals surface area contributed by atoms with Gasteiger partial charge in [0.1, 0.15) is 6.04 Å². The summed E-state index contributed by atoms with van der Waals surface area (Å²) in [5, 5.41) is 2.99. The molecule has 0 aromatic heterocycles. The number of hydrogen-bond acceptors (Lipinski definition) is 3. The minimum Gasteiger partial charge on any atom is -0.311 e. The molecule has 2 aliphatic heterocycles. The van der Waals surface area contributed by atoms with Crippen LogP contribution < -0.4 is 15.1 Å². The SMILES string of the molecule is Cc1cccc2c1N(C)C(=O)C1CNCC(=O)N21. The van der Waals surface area contributed by atoms with Crippen molar-refractivity contribution >= 4 is 23.2 Å². The van der Waals surface area contributed by atoms with Crippen molar-refractivity contribution in [1.82, 2.24) is 5.32 Å². The van der Waals surface area contributed by atoms with Gasteiger partial charge >= 0.3 is 0 Å². The Labute approximate surface area is 105 Å². The molecule has 5 nitrogen and oxygen atoms in total. The van der Waals surface area contributed by atoms with Crippen molar-refractivity contribution in [3.63, 3.8) is 0 Å². The van der Waals surface area contributed by atoms with E-state index in [2.05, 4.69) is 5.32 Å². The van der Waals surface area contributed by atoms with Crippen molar-refractivity contribution in [3.05, 3.63) is 23.8 Å². The maximum atomic E-state index is 12.3. The standard InChI is InChI=1S/C13H15N3O2/c1-8-4-3-5-9-12(8)15(2)13(18)10-6-14-7-11(17)16(9)10/h3-5,10,14H,6-7H2,1-2H3. The topological polar surface area (TPSA) is 52.7 Å². The van der Waals surface area contributed by atoms with Crippen LogP contribution >= 0.6 is 0 Å². The minimum atomic E-state index is -0.412. The molecular weight excluding hydrogens is 230 g/mol. The predicted molar refractivity (Wildman–Crippen MR) is 68.7 cm³/mol. The van der Waals surface area contributed by atoms with E-state index in [1.807, 2.05) is 25.1 Å². The van der Waals surface area contributed by atoms with Crippen LogP contribution in [0.15, 0.2) is 18.2 Å². The molecule has 0 spiro atoms. The number of amides is 2. The van der Waals surface area contributed by atoms with Crippen LogP contribution in [0.3, 0.4) is 0 Å². The van der Waals surface area contributed by atoms with Gasteiger partial charge in [0, 0.05) is 13.6 Å². The molecule has 94 valence electrons. The lowest BCUT2D eigenvalue weighted by Crippen LogP contribution is -2.63. The van der Waals surface area contributed by atoms with Crippen LogP contribution in [0.1, 0.15) is 5.56 Å². The van der Waals surface area contributed by atoms with E-state index in [1.165, 1.54) is 0 Å². The fraction of sp³-hybridized carbons (Fsp3) is 0.385. The molecule has 1 unspecified atom stereocenters. The smallest absolute Gasteiger partial charge is 0.251 e. The Bertz CT molecular complexity index is 541. The van der Waals surface area contributed by atoms with Gasteiger partial charge in [-0.3, -0.25) is 14.5 Å². The van der Waals surface area contributed by atoms with E-state index < -0.39 is 6.04 Å². The molecule has 0 aliphatic carbocycles. The molecule has 2 heterocycles. The molecule has 1 saturated heterocycles. The molecule has 1 aromatic rings. The zero-order chi connectivity index (χ0) is 12.9. The lowest BCUT2D eigenvalue weighted by atomic mass is 10.0. The van der Waals surface area contributed by atoms with E-state index >= 15 is 0 Å². The van der Waals surface area contributed by atoms with Crippen LogP contribution in [0.4, 0.5) is 11.4 Å². The highest BCUT2D eigenvalue weighted by Gasteiger charge is 2.42. The van der Waals surface area contributed by atoms with Crippen LogP contribution in [-0.4, -0.2) is 38.0 Å². The summed E-state index contributed by atoms with van der Waals surface area (Å²) in [5.41, 5.74) is 2.69. The van der Waals surface area contributed by atoms with Crippen molar-refractivity contribution in [2.24, 2.45) is 0 Å². The number of nitrogens with zero attached hydrogens (tertiary/aromatic N) is 2. The van der Waals surface area contributed by atoms with Crippen LogP contribution in [-0.2, 0) is 9.59 Å². The molecule has 18 heavy (non-hydrogen) atoms. The van der Waals surface area contributed by atoms with Crippen LogP contribution in [0.2, 0.25) is 0 Å². The van der Waals surface area contributed by atoms with Gasteiger partial charge in [0.15, 0.2) is 0 Å². The van der Waals surface area contributed by atoms with Gasteiger partial charge in [-0.2, -0.15) is 0 Å². The number of fused-ring (bicyclic) bond motifs is 3. The predicted octanol–water partition coefficient (Wildman–Crippen LogP) is 0.276. The molecule has 2 aliphatic rings. The number of piperazine rings is 1. The van der Waals surface area contributed by atoms with Crippen molar-refractivity contribution in [1.29, 1.82) is 0 Å². The average molecular weight is 245 g/mol. The molecular formula is C13H15N3O2. The number of benzene rings is 1. The number of anilines is 2. The summed E-state index contributed by atoms with van der Waals surface area (Å²) in [6.07, 6.45) is 0. The molecule has 0 radical (unpaired) electrons. The highest BCUT2D eigenvalue weighted by molar-refractivity contribution is 6.14. The fourth-order valence-corrected chi connectivity index (χ4v) is 2.77. The summed E-state index contributed by atoms with van der Waals surface area (Å²) < 4.78 is 0. The van der Waals surface area contributed by atoms with Gasteiger partial charge in [-0.1, -0.05) is 12.1 Å². The molecule has 1 N–H and O–H groups in total. The Morgan fingerprint density at radius 1 is 1.33 bits per heavy atom.